The average molecular weight is 256 g/mol. The molecule has 0 aliphatic carbocycles. The number of hydrogen-bond acceptors (Lipinski definition) is 3. The summed E-state index contributed by atoms with van der Waals surface area (Å²) in [4.78, 5) is 23.1. The van der Waals surface area contributed by atoms with E-state index >= 15 is 0 Å². The van der Waals surface area contributed by atoms with Crippen molar-refractivity contribution in [1.29, 1.82) is 0 Å². The molecule has 0 rings (SSSR count). The molecule has 0 heterocycles. The normalized spacial score (nSPS) is 12.9. The van der Waals surface area contributed by atoms with Gasteiger partial charge in [0.1, 0.15) is 0 Å². The summed E-state index contributed by atoms with van der Waals surface area (Å²) in [6, 6.07) is -1.32. The summed E-state index contributed by atoms with van der Waals surface area (Å²) in [6.07, 6.45) is 2.58. The third-order valence-electron chi connectivity index (χ3n) is 1.50. The number of nitrogens with one attached hydrogen (secondary N) is 1. The SMILES string of the molecule is C=C/C(=C\[CH]=[Ni])C(=O)N[C@@H](CO)C(=O)O. The summed E-state index contributed by atoms with van der Waals surface area (Å²) < 4.78 is 0. The molecule has 1 atom stereocenters. The topological polar surface area (TPSA) is 86.6 Å². The summed E-state index contributed by atoms with van der Waals surface area (Å²) in [5, 5.41) is 19.3. The Kier molecular flexibility index (Phi) is 6.50. The molecule has 6 heteroatoms. The number of carbonyl (C=O) groups excluding carboxylic acids is 1. The first-order valence-electron chi connectivity index (χ1n) is 3.94. The number of aliphatic hydroxyl groups excluding tert-OH is 1. The van der Waals surface area contributed by atoms with E-state index in [0.717, 1.165) is 0 Å². The fourth-order valence-corrected chi connectivity index (χ4v) is 0.898. The Morgan fingerprint density at radius 1 is 1.53 bits per heavy atom. The van der Waals surface area contributed by atoms with Crippen LogP contribution in [0.25, 0.3) is 0 Å². The van der Waals surface area contributed by atoms with Crippen molar-refractivity contribution in [2.75, 3.05) is 6.61 Å². The molecule has 0 aliphatic rings. The number of carbonyl (C=O) groups is 2. The van der Waals surface area contributed by atoms with E-state index in [2.05, 4.69) is 26.9 Å². The fraction of sp³-hybridized carbons (Fsp3) is 0.222. The quantitative estimate of drug-likeness (QED) is 0.323. The van der Waals surface area contributed by atoms with Gasteiger partial charge in [-0.2, -0.15) is 0 Å². The van der Waals surface area contributed by atoms with Gasteiger partial charge < -0.3 is 0 Å². The number of carboxylic acid groups (broad SMARTS) is 1. The standard InChI is InChI=1S/C9H11NO4.Ni/c1-3-6(4-2)8(12)10-7(5-11)9(13)14;/h1,3-4,7,11H,2,5H2,(H,10,12)(H,13,14);/b6-3+;/t7-;/m0./s1. The Morgan fingerprint density at radius 3 is 2.47 bits per heavy atom. The molecule has 0 aromatic carbocycles. The van der Waals surface area contributed by atoms with Crippen LogP contribution in [0.1, 0.15) is 0 Å². The zero-order valence-corrected chi connectivity index (χ0v) is 8.74. The third kappa shape index (κ3) is 4.67. The van der Waals surface area contributed by atoms with Crippen LogP contribution in [-0.2, 0) is 24.6 Å². The van der Waals surface area contributed by atoms with Crippen molar-refractivity contribution in [3.63, 3.8) is 0 Å². The molecule has 0 spiro atoms. The van der Waals surface area contributed by atoms with E-state index in [4.69, 9.17) is 10.2 Å². The molecular weight excluding hydrogens is 245 g/mol. The summed E-state index contributed by atoms with van der Waals surface area (Å²) in [5.41, 5.74) is 0.154. The Labute approximate surface area is 94.4 Å². The van der Waals surface area contributed by atoms with Crippen molar-refractivity contribution in [1.82, 2.24) is 5.32 Å². The molecule has 0 radical (unpaired) electrons. The van der Waals surface area contributed by atoms with Gasteiger partial charge in [0.25, 0.3) is 0 Å². The number of aliphatic hydroxyl groups is 1. The monoisotopic (exact) mass is 255 g/mol. The molecular formula is C9H11NNiO4. The molecule has 0 aliphatic heterocycles. The predicted molar refractivity (Wildman–Crippen MR) is 51.0 cm³/mol. The number of rotatable bonds is 6. The zero-order valence-electron chi connectivity index (χ0n) is 7.75. The van der Waals surface area contributed by atoms with Crippen LogP contribution in [0.15, 0.2) is 24.3 Å². The molecule has 0 unspecified atom stereocenters. The van der Waals surface area contributed by atoms with Crippen molar-refractivity contribution in [2.24, 2.45) is 0 Å². The number of amides is 1. The second kappa shape index (κ2) is 7.09. The van der Waals surface area contributed by atoms with Crippen LogP contribution in [0.3, 0.4) is 0 Å². The summed E-state index contributed by atoms with van der Waals surface area (Å²) in [5.74, 6) is -1.95. The molecule has 1 amide bonds. The first-order valence-corrected chi connectivity index (χ1v) is 4.51. The van der Waals surface area contributed by atoms with Crippen molar-refractivity contribution < 1.29 is 34.8 Å². The zero-order chi connectivity index (χ0) is 11.8. The summed E-state index contributed by atoms with van der Waals surface area (Å²) in [7, 11) is 0. The molecule has 0 aromatic heterocycles. The van der Waals surface area contributed by atoms with E-state index in [-0.39, 0.29) is 5.57 Å². The Balaban J connectivity index is 4.58. The third-order valence-corrected chi connectivity index (χ3v) is 1.66. The van der Waals surface area contributed by atoms with E-state index in [1.54, 1.807) is 0 Å². The Bertz CT molecular complexity index is 311. The molecule has 0 bridgehead atoms. The molecule has 86 valence electrons. The number of hydrogen-bond donors (Lipinski definition) is 3. The molecule has 3 N–H and O–H groups in total. The van der Waals surface area contributed by atoms with Crippen LogP contribution in [0.4, 0.5) is 0 Å². The maximum absolute atomic E-state index is 11.4. The van der Waals surface area contributed by atoms with E-state index in [1.165, 1.54) is 17.1 Å². The number of aliphatic carboxylic acids is 1. The average Bonchev–Trinajstić information content (AvgIpc) is 2.21. The maximum atomic E-state index is 11.4. The van der Waals surface area contributed by atoms with Gasteiger partial charge in [-0.1, -0.05) is 0 Å². The van der Waals surface area contributed by atoms with Crippen LogP contribution in [0.2, 0.25) is 0 Å². The van der Waals surface area contributed by atoms with E-state index in [9.17, 15) is 9.59 Å². The van der Waals surface area contributed by atoms with Gasteiger partial charge in [0, 0.05) is 0 Å². The Morgan fingerprint density at radius 2 is 2.13 bits per heavy atom. The van der Waals surface area contributed by atoms with Crippen molar-refractivity contribution in [3.05, 3.63) is 24.3 Å². The van der Waals surface area contributed by atoms with E-state index in [1.807, 2.05) is 0 Å². The second-order valence-electron chi connectivity index (χ2n) is 2.48. The van der Waals surface area contributed by atoms with Gasteiger partial charge in [0.15, 0.2) is 0 Å². The van der Waals surface area contributed by atoms with Crippen LogP contribution < -0.4 is 5.32 Å². The van der Waals surface area contributed by atoms with Crippen molar-refractivity contribution in [3.8, 4) is 0 Å². The van der Waals surface area contributed by atoms with Crippen LogP contribution in [0, 0.1) is 0 Å². The molecule has 0 saturated heterocycles. The minimum atomic E-state index is -1.32. The van der Waals surface area contributed by atoms with Crippen LogP contribution >= 0.6 is 0 Å². The fourth-order valence-electron chi connectivity index (χ4n) is 0.720. The van der Waals surface area contributed by atoms with Gasteiger partial charge >= 0.3 is 94.0 Å². The number of carboxylic acids is 1. The Hall–Kier alpha value is -1.26. The summed E-state index contributed by atoms with van der Waals surface area (Å²) in [6.45, 7) is 2.70. The van der Waals surface area contributed by atoms with Gasteiger partial charge in [-0.15, -0.1) is 0 Å². The first-order chi connectivity index (χ1) is 7.06. The van der Waals surface area contributed by atoms with E-state index < -0.39 is 24.5 Å². The molecule has 0 aromatic rings. The van der Waals surface area contributed by atoms with Crippen molar-refractivity contribution in [2.45, 2.75) is 6.04 Å². The first kappa shape index (κ1) is 13.7. The molecule has 0 saturated carbocycles. The van der Waals surface area contributed by atoms with Crippen LogP contribution in [0.5, 0.6) is 0 Å². The molecule has 15 heavy (non-hydrogen) atoms. The van der Waals surface area contributed by atoms with E-state index in [0.29, 0.717) is 0 Å². The van der Waals surface area contributed by atoms with Gasteiger partial charge in [0.05, 0.1) is 0 Å². The van der Waals surface area contributed by atoms with Gasteiger partial charge in [-0.3, -0.25) is 0 Å². The number of allylic oxidation sites excluding steroid dienone is 1. The summed E-state index contributed by atoms with van der Waals surface area (Å²) >= 11 is 4.23. The van der Waals surface area contributed by atoms with Gasteiger partial charge in [-0.05, 0) is 0 Å². The molecule has 0 fully saturated rings. The predicted octanol–water partition coefficient (Wildman–Crippen LogP) is -0.991. The van der Waals surface area contributed by atoms with Gasteiger partial charge in [-0.25, -0.2) is 0 Å². The van der Waals surface area contributed by atoms with Crippen LogP contribution in [-0.4, -0.2) is 39.7 Å². The molecule has 5 nitrogen and oxygen atoms in total. The van der Waals surface area contributed by atoms with Gasteiger partial charge in [0.2, 0.25) is 0 Å². The van der Waals surface area contributed by atoms with Crippen molar-refractivity contribution >= 4 is 16.9 Å². The minimum absolute atomic E-state index is 0.154. The second-order valence-corrected chi connectivity index (χ2v) is 2.81.